The molecule has 0 radical (unpaired) electrons. The number of hydrogen-bond donors (Lipinski definition) is 1. The number of nitrogens with zero attached hydrogens (tertiary/aromatic N) is 2. The average Bonchev–Trinajstić information content (AvgIpc) is 2.72. The van der Waals surface area contributed by atoms with E-state index in [2.05, 4.69) is 26.1 Å². The number of anilines is 2. The normalized spacial score (nSPS) is 14.3. The number of carbonyl (C=O) groups is 1. The fourth-order valence-electron chi connectivity index (χ4n) is 2.91. The lowest BCUT2D eigenvalue weighted by Crippen LogP contribution is -2.36. The summed E-state index contributed by atoms with van der Waals surface area (Å²) in [5, 5.41) is 12.2. The Morgan fingerprint density at radius 1 is 1.29 bits per heavy atom. The van der Waals surface area contributed by atoms with Crippen LogP contribution in [0.15, 0.2) is 52.5 Å². The largest absolute Gasteiger partial charge is 0.496 e. The molecule has 1 heterocycles. The van der Waals surface area contributed by atoms with Gasteiger partial charge in [-0.25, -0.2) is 0 Å². The van der Waals surface area contributed by atoms with Gasteiger partial charge in [0.05, 0.1) is 20.3 Å². The molecule has 2 aromatic carbocycles. The molecule has 1 N–H and O–H groups in total. The molecule has 0 atom stereocenters. The van der Waals surface area contributed by atoms with Crippen molar-refractivity contribution < 1.29 is 14.3 Å². The molecular formula is C21H20BrN3O3. The van der Waals surface area contributed by atoms with Crippen LogP contribution in [0.3, 0.4) is 0 Å². The fraction of sp³-hybridized carbons (Fsp3) is 0.238. The van der Waals surface area contributed by atoms with E-state index >= 15 is 0 Å². The molecule has 1 fully saturated rings. The maximum atomic E-state index is 12.5. The van der Waals surface area contributed by atoms with E-state index in [0.29, 0.717) is 30.2 Å². The Kier molecular flexibility index (Phi) is 6.69. The van der Waals surface area contributed by atoms with Crippen LogP contribution in [0, 0.1) is 11.3 Å². The zero-order valence-corrected chi connectivity index (χ0v) is 17.0. The first-order chi connectivity index (χ1) is 13.6. The topological polar surface area (TPSA) is 74.6 Å². The summed E-state index contributed by atoms with van der Waals surface area (Å²) in [6.45, 7) is 3.02. The van der Waals surface area contributed by atoms with E-state index in [0.717, 1.165) is 23.2 Å². The highest BCUT2D eigenvalue weighted by Gasteiger charge is 2.15. The molecule has 6 nitrogen and oxygen atoms in total. The van der Waals surface area contributed by atoms with Crippen molar-refractivity contribution in [2.75, 3.05) is 43.6 Å². The van der Waals surface area contributed by atoms with Gasteiger partial charge in [-0.1, -0.05) is 22.0 Å². The minimum atomic E-state index is -0.472. The molecule has 0 saturated carbocycles. The van der Waals surface area contributed by atoms with Gasteiger partial charge in [0, 0.05) is 40.6 Å². The Bertz CT molecular complexity index is 931. The molecule has 0 bridgehead atoms. The van der Waals surface area contributed by atoms with Gasteiger partial charge < -0.3 is 19.7 Å². The second-order valence-corrected chi connectivity index (χ2v) is 7.08. The number of nitrogens with one attached hydrogen (secondary N) is 1. The fourth-order valence-corrected chi connectivity index (χ4v) is 3.31. The SMILES string of the molecule is COc1cc(N2CCOCC2)ccc1/C=C(/C#N)C(=O)Nc1cccc(Br)c1. The number of hydrogen-bond acceptors (Lipinski definition) is 5. The molecule has 7 heteroatoms. The molecule has 1 aliphatic rings. The summed E-state index contributed by atoms with van der Waals surface area (Å²) in [6, 6.07) is 14.9. The quantitative estimate of drug-likeness (QED) is 0.563. The van der Waals surface area contributed by atoms with E-state index in [9.17, 15) is 10.1 Å². The first-order valence-corrected chi connectivity index (χ1v) is 9.59. The van der Waals surface area contributed by atoms with Crippen molar-refractivity contribution in [3.8, 4) is 11.8 Å². The molecule has 1 amide bonds. The van der Waals surface area contributed by atoms with Crippen LogP contribution in [0.1, 0.15) is 5.56 Å². The lowest BCUT2D eigenvalue weighted by Gasteiger charge is -2.29. The Balaban J connectivity index is 1.82. The standard InChI is InChI=1S/C21H20BrN3O3/c1-27-20-13-19(25-7-9-28-10-8-25)6-5-15(20)11-16(14-23)21(26)24-18-4-2-3-17(22)12-18/h2-6,11-13H,7-10H2,1H3,(H,24,26)/b16-11-. The van der Waals surface area contributed by atoms with Crippen molar-refractivity contribution in [2.45, 2.75) is 0 Å². The zero-order valence-electron chi connectivity index (χ0n) is 15.4. The van der Waals surface area contributed by atoms with Crippen LogP contribution in [0.25, 0.3) is 6.08 Å². The van der Waals surface area contributed by atoms with E-state index < -0.39 is 5.91 Å². The van der Waals surface area contributed by atoms with Crippen LogP contribution in [-0.2, 0) is 9.53 Å². The molecule has 144 valence electrons. The van der Waals surface area contributed by atoms with E-state index in [1.165, 1.54) is 6.08 Å². The summed E-state index contributed by atoms with van der Waals surface area (Å²) in [4.78, 5) is 14.7. The highest BCUT2D eigenvalue weighted by molar-refractivity contribution is 9.10. The van der Waals surface area contributed by atoms with Crippen LogP contribution < -0.4 is 15.0 Å². The molecule has 1 aliphatic heterocycles. The number of methoxy groups -OCH3 is 1. The number of halogens is 1. The van der Waals surface area contributed by atoms with E-state index in [1.54, 1.807) is 19.2 Å². The number of rotatable bonds is 5. The molecule has 0 aromatic heterocycles. The second-order valence-electron chi connectivity index (χ2n) is 6.16. The third-order valence-corrected chi connectivity index (χ3v) is 4.83. The third-order valence-electron chi connectivity index (χ3n) is 4.34. The maximum Gasteiger partial charge on any atom is 0.266 e. The summed E-state index contributed by atoms with van der Waals surface area (Å²) in [5.41, 5.74) is 2.29. The summed E-state index contributed by atoms with van der Waals surface area (Å²) < 4.78 is 11.7. The Morgan fingerprint density at radius 3 is 2.75 bits per heavy atom. The number of ether oxygens (including phenoxy) is 2. The number of morpholine rings is 1. The van der Waals surface area contributed by atoms with E-state index in [-0.39, 0.29) is 5.57 Å². The molecule has 0 aliphatic carbocycles. The van der Waals surface area contributed by atoms with Crippen molar-refractivity contribution in [3.63, 3.8) is 0 Å². The molecule has 2 aromatic rings. The predicted molar refractivity (Wildman–Crippen MR) is 112 cm³/mol. The van der Waals surface area contributed by atoms with Crippen molar-refractivity contribution in [1.82, 2.24) is 0 Å². The summed E-state index contributed by atoms with van der Waals surface area (Å²) in [5.74, 6) is 0.131. The van der Waals surface area contributed by atoms with Crippen molar-refractivity contribution in [2.24, 2.45) is 0 Å². The van der Waals surface area contributed by atoms with Gasteiger partial charge in [0.25, 0.3) is 5.91 Å². The van der Waals surface area contributed by atoms with Crippen LogP contribution in [0.2, 0.25) is 0 Å². The number of benzene rings is 2. The van der Waals surface area contributed by atoms with Crippen LogP contribution >= 0.6 is 15.9 Å². The van der Waals surface area contributed by atoms with Crippen LogP contribution in [0.5, 0.6) is 5.75 Å². The highest BCUT2D eigenvalue weighted by atomic mass is 79.9. The average molecular weight is 442 g/mol. The number of carbonyl (C=O) groups excluding carboxylic acids is 1. The van der Waals surface area contributed by atoms with Crippen molar-refractivity contribution in [3.05, 3.63) is 58.1 Å². The van der Waals surface area contributed by atoms with Crippen LogP contribution in [0.4, 0.5) is 11.4 Å². The molecule has 0 unspecified atom stereocenters. The first kappa shape index (κ1) is 19.9. The summed E-state index contributed by atoms with van der Waals surface area (Å²) in [7, 11) is 1.57. The van der Waals surface area contributed by atoms with Crippen molar-refractivity contribution >= 4 is 39.3 Å². The Hall–Kier alpha value is -2.82. The Morgan fingerprint density at radius 2 is 2.07 bits per heavy atom. The van der Waals surface area contributed by atoms with Crippen LogP contribution in [-0.4, -0.2) is 39.3 Å². The lowest BCUT2D eigenvalue weighted by molar-refractivity contribution is -0.112. The van der Waals surface area contributed by atoms with Crippen molar-refractivity contribution in [1.29, 1.82) is 5.26 Å². The van der Waals surface area contributed by atoms with Gasteiger partial charge in [-0.05, 0) is 36.4 Å². The van der Waals surface area contributed by atoms with Gasteiger partial charge in [-0.15, -0.1) is 0 Å². The van der Waals surface area contributed by atoms with Gasteiger partial charge in [0.1, 0.15) is 17.4 Å². The molecule has 28 heavy (non-hydrogen) atoms. The summed E-state index contributed by atoms with van der Waals surface area (Å²) in [6.07, 6.45) is 1.54. The van der Waals surface area contributed by atoms with Gasteiger partial charge in [0.2, 0.25) is 0 Å². The summed E-state index contributed by atoms with van der Waals surface area (Å²) >= 11 is 3.36. The molecule has 1 saturated heterocycles. The number of amides is 1. The third kappa shape index (κ3) is 4.91. The van der Waals surface area contributed by atoms with Gasteiger partial charge in [-0.2, -0.15) is 5.26 Å². The smallest absolute Gasteiger partial charge is 0.266 e. The van der Waals surface area contributed by atoms with E-state index in [4.69, 9.17) is 9.47 Å². The number of nitriles is 1. The maximum absolute atomic E-state index is 12.5. The molecule has 3 rings (SSSR count). The molecule has 0 spiro atoms. The first-order valence-electron chi connectivity index (χ1n) is 8.80. The Labute approximate surface area is 172 Å². The van der Waals surface area contributed by atoms with E-state index in [1.807, 2.05) is 36.4 Å². The zero-order chi connectivity index (χ0) is 19.9. The highest BCUT2D eigenvalue weighted by Crippen LogP contribution is 2.28. The lowest BCUT2D eigenvalue weighted by atomic mass is 10.1. The predicted octanol–water partition coefficient (Wildman–Crippen LogP) is 3.84. The van der Waals surface area contributed by atoms with Gasteiger partial charge >= 0.3 is 0 Å². The van der Waals surface area contributed by atoms with Gasteiger partial charge in [0.15, 0.2) is 0 Å². The second kappa shape index (κ2) is 9.40. The minimum absolute atomic E-state index is 0.00241. The van der Waals surface area contributed by atoms with Gasteiger partial charge in [-0.3, -0.25) is 4.79 Å². The molecular weight excluding hydrogens is 422 g/mol. The monoisotopic (exact) mass is 441 g/mol. The minimum Gasteiger partial charge on any atom is -0.496 e.